The lowest BCUT2D eigenvalue weighted by Gasteiger charge is -2.17. The molecule has 0 saturated heterocycles. The molecule has 0 aliphatic carbocycles. The van der Waals surface area contributed by atoms with Gasteiger partial charge in [-0.1, -0.05) is 19.9 Å². The Morgan fingerprint density at radius 1 is 1.24 bits per heavy atom. The van der Waals surface area contributed by atoms with Crippen molar-refractivity contribution in [2.75, 3.05) is 13.7 Å². The molecule has 1 aromatic carbocycles. The zero-order valence-electron chi connectivity index (χ0n) is 13.5. The van der Waals surface area contributed by atoms with Gasteiger partial charge in [-0.25, -0.2) is 0 Å². The topological polar surface area (TPSA) is 59.6 Å². The predicted octanol–water partition coefficient (Wildman–Crippen LogP) is 2.10. The third kappa shape index (κ3) is 5.63. The lowest BCUT2D eigenvalue weighted by molar-refractivity contribution is -0.127. The Morgan fingerprint density at radius 2 is 1.95 bits per heavy atom. The molecule has 1 atom stereocenters. The second-order valence-corrected chi connectivity index (χ2v) is 5.18. The van der Waals surface area contributed by atoms with Gasteiger partial charge in [0.25, 0.3) is 5.91 Å². The number of benzene rings is 1. The molecule has 0 bridgehead atoms. The van der Waals surface area contributed by atoms with E-state index in [1.165, 1.54) is 0 Å². The summed E-state index contributed by atoms with van der Waals surface area (Å²) in [5.41, 5.74) is 1.11. The van der Waals surface area contributed by atoms with Crippen molar-refractivity contribution in [3.05, 3.63) is 23.8 Å². The van der Waals surface area contributed by atoms with Gasteiger partial charge in [0, 0.05) is 19.1 Å². The molecule has 0 aromatic heterocycles. The van der Waals surface area contributed by atoms with Crippen molar-refractivity contribution in [1.82, 2.24) is 10.6 Å². The molecule has 0 radical (unpaired) electrons. The second kappa shape index (κ2) is 8.52. The van der Waals surface area contributed by atoms with Crippen LogP contribution >= 0.6 is 0 Å². The highest BCUT2D eigenvalue weighted by molar-refractivity contribution is 5.80. The van der Waals surface area contributed by atoms with Gasteiger partial charge < -0.3 is 20.1 Å². The van der Waals surface area contributed by atoms with Gasteiger partial charge in [0.2, 0.25) is 0 Å². The van der Waals surface area contributed by atoms with Crippen molar-refractivity contribution >= 4 is 5.91 Å². The highest BCUT2D eigenvalue weighted by Gasteiger charge is 2.16. The number of nitrogens with one attached hydrogen (secondary N) is 2. The molecule has 0 aliphatic heterocycles. The van der Waals surface area contributed by atoms with Gasteiger partial charge in [0.15, 0.2) is 17.6 Å². The van der Waals surface area contributed by atoms with Gasteiger partial charge in [0.1, 0.15) is 0 Å². The van der Waals surface area contributed by atoms with Crippen LogP contribution in [0.15, 0.2) is 18.2 Å². The Kier molecular flexibility index (Phi) is 7.02. The summed E-state index contributed by atoms with van der Waals surface area (Å²) in [4.78, 5) is 11.7. The van der Waals surface area contributed by atoms with E-state index in [9.17, 15) is 4.79 Å². The fraction of sp³-hybridized carbons (Fsp3) is 0.562. The molecule has 1 aromatic rings. The minimum atomic E-state index is -0.557. The van der Waals surface area contributed by atoms with Crippen molar-refractivity contribution in [3.63, 3.8) is 0 Å². The standard InChI is InChI=1S/C16H26N2O3/c1-6-17-16(19)12(4)21-14-8-7-13(9-15(14)20-5)10-18-11(2)3/h7-9,11-12,18H,6,10H2,1-5H3,(H,17,19). The van der Waals surface area contributed by atoms with Crippen LogP contribution in [0.3, 0.4) is 0 Å². The van der Waals surface area contributed by atoms with Gasteiger partial charge in [-0.3, -0.25) is 4.79 Å². The largest absolute Gasteiger partial charge is 0.493 e. The molecule has 0 saturated carbocycles. The van der Waals surface area contributed by atoms with E-state index in [-0.39, 0.29) is 5.91 Å². The van der Waals surface area contributed by atoms with Crippen LogP contribution in [0, 0.1) is 0 Å². The van der Waals surface area contributed by atoms with E-state index < -0.39 is 6.10 Å². The molecule has 21 heavy (non-hydrogen) atoms. The zero-order chi connectivity index (χ0) is 15.8. The van der Waals surface area contributed by atoms with Crippen LogP contribution in [0.4, 0.5) is 0 Å². The first-order chi connectivity index (χ1) is 9.97. The summed E-state index contributed by atoms with van der Waals surface area (Å²) in [7, 11) is 1.60. The molecule has 1 unspecified atom stereocenters. The number of methoxy groups -OCH3 is 1. The van der Waals surface area contributed by atoms with Crippen LogP contribution in [0.5, 0.6) is 11.5 Å². The Balaban J connectivity index is 2.76. The minimum absolute atomic E-state index is 0.134. The maximum atomic E-state index is 11.7. The summed E-state index contributed by atoms with van der Waals surface area (Å²) < 4.78 is 11.0. The smallest absolute Gasteiger partial charge is 0.260 e. The highest BCUT2D eigenvalue weighted by Crippen LogP contribution is 2.29. The van der Waals surface area contributed by atoms with Crippen LogP contribution in [-0.4, -0.2) is 31.7 Å². The van der Waals surface area contributed by atoms with Crippen molar-refractivity contribution in [3.8, 4) is 11.5 Å². The maximum Gasteiger partial charge on any atom is 0.260 e. The van der Waals surface area contributed by atoms with Gasteiger partial charge in [-0.05, 0) is 31.5 Å². The predicted molar refractivity (Wildman–Crippen MR) is 83.7 cm³/mol. The Bertz CT molecular complexity index is 461. The van der Waals surface area contributed by atoms with Crippen molar-refractivity contribution in [2.24, 2.45) is 0 Å². The molecule has 2 N–H and O–H groups in total. The molecule has 0 heterocycles. The SMILES string of the molecule is CCNC(=O)C(C)Oc1ccc(CNC(C)C)cc1OC. The molecule has 1 rings (SSSR count). The summed E-state index contributed by atoms with van der Waals surface area (Å²) in [6.07, 6.45) is -0.557. The average molecular weight is 294 g/mol. The molecule has 118 valence electrons. The van der Waals surface area contributed by atoms with Crippen molar-refractivity contribution in [1.29, 1.82) is 0 Å². The van der Waals surface area contributed by atoms with E-state index in [1.54, 1.807) is 14.0 Å². The van der Waals surface area contributed by atoms with E-state index in [0.29, 0.717) is 24.1 Å². The first-order valence-corrected chi connectivity index (χ1v) is 7.32. The Hall–Kier alpha value is -1.75. The molecular formula is C16H26N2O3. The van der Waals surface area contributed by atoms with Crippen LogP contribution in [0.2, 0.25) is 0 Å². The minimum Gasteiger partial charge on any atom is -0.493 e. The fourth-order valence-corrected chi connectivity index (χ4v) is 1.80. The molecular weight excluding hydrogens is 268 g/mol. The summed E-state index contributed by atoms with van der Waals surface area (Å²) in [5, 5.41) is 6.08. The first kappa shape index (κ1) is 17.3. The lowest BCUT2D eigenvalue weighted by Crippen LogP contribution is -2.36. The molecule has 5 nitrogen and oxygen atoms in total. The molecule has 0 spiro atoms. The van der Waals surface area contributed by atoms with Crippen LogP contribution in [0.1, 0.15) is 33.3 Å². The number of amides is 1. The average Bonchev–Trinajstić information content (AvgIpc) is 2.46. The number of rotatable bonds is 8. The van der Waals surface area contributed by atoms with Gasteiger partial charge in [0.05, 0.1) is 7.11 Å². The normalized spacial score (nSPS) is 12.1. The summed E-state index contributed by atoms with van der Waals surface area (Å²) in [6, 6.07) is 6.16. The summed E-state index contributed by atoms with van der Waals surface area (Å²) in [6.45, 7) is 9.15. The fourth-order valence-electron chi connectivity index (χ4n) is 1.80. The number of hydrogen-bond donors (Lipinski definition) is 2. The number of likely N-dealkylation sites (N-methyl/N-ethyl adjacent to an activating group) is 1. The quantitative estimate of drug-likeness (QED) is 0.771. The highest BCUT2D eigenvalue weighted by atomic mass is 16.5. The monoisotopic (exact) mass is 294 g/mol. The number of carbonyl (C=O) groups is 1. The third-order valence-corrected chi connectivity index (χ3v) is 2.97. The summed E-state index contributed by atoms with van der Waals surface area (Å²) >= 11 is 0. The lowest BCUT2D eigenvalue weighted by atomic mass is 10.2. The van der Waals surface area contributed by atoms with E-state index in [1.807, 2.05) is 25.1 Å². The molecule has 5 heteroatoms. The van der Waals surface area contributed by atoms with Crippen molar-refractivity contribution in [2.45, 2.75) is 46.4 Å². The van der Waals surface area contributed by atoms with E-state index in [2.05, 4.69) is 24.5 Å². The Morgan fingerprint density at radius 3 is 2.52 bits per heavy atom. The van der Waals surface area contributed by atoms with E-state index >= 15 is 0 Å². The zero-order valence-corrected chi connectivity index (χ0v) is 13.5. The first-order valence-electron chi connectivity index (χ1n) is 7.32. The second-order valence-electron chi connectivity index (χ2n) is 5.18. The van der Waals surface area contributed by atoms with Crippen molar-refractivity contribution < 1.29 is 14.3 Å². The van der Waals surface area contributed by atoms with E-state index in [4.69, 9.17) is 9.47 Å². The maximum absolute atomic E-state index is 11.7. The van der Waals surface area contributed by atoms with E-state index in [0.717, 1.165) is 12.1 Å². The Labute approximate surface area is 127 Å². The molecule has 0 aliphatic rings. The molecule has 1 amide bonds. The van der Waals surface area contributed by atoms with Gasteiger partial charge >= 0.3 is 0 Å². The number of hydrogen-bond acceptors (Lipinski definition) is 4. The van der Waals surface area contributed by atoms with Crippen LogP contribution in [-0.2, 0) is 11.3 Å². The number of ether oxygens (including phenoxy) is 2. The van der Waals surface area contributed by atoms with Gasteiger partial charge in [-0.2, -0.15) is 0 Å². The van der Waals surface area contributed by atoms with Gasteiger partial charge in [-0.15, -0.1) is 0 Å². The third-order valence-electron chi connectivity index (χ3n) is 2.97. The number of carbonyl (C=O) groups excluding carboxylic acids is 1. The summed E-state index contributed by atoms with van der Waals surface area (Å²) in [5.74, 6) is 1.07. The van der Waals surface area contributed by atoms with Crippen LogP contribution < -0.4 is 20.1 Å². The van der Waals surface area contributed by atoms with Crippen LogP contribution in [0.25, 0.3) is 0 Å². The molecule has 0 fully saturated rings.